The van der Waals surface area contributed by atoms with Crippen LogP contribution in [0.1, 0.15) is 6.42 Å². The Hall–Kier alpha value is -1.00. The van der Waals surface area contributed by atoms with Crippen molar-refractivity contribution < 1.29 is 8.42 Å². The molecule has 0 radical (unpaired) electrons. The summed E-state index contributed by atoms with van der Waals surface area (Å²) >= 11 is 0. The minimum atomic E-state index is -3.54. The van der Waals surface area contributed by atoms with Crippen molar-refractivity contribution in [1.82, 2.24) is 24.5 Å². The molecule has 1 aromatic rings. The lowest BCUT2D eigenvalue weighted by atomic mass is 10.4. The topological polar surface area (TPSA) is 96.5 Å². The number of hydrogen-bond acceptors (Lipinski definition) is 6. The van der Waals surface area contributed by atoms with Gasteiger partial charge in [-0.1, -0.05) is 0 Å². The van der Waals surface area contributed by atoms with Gasteiger partial charge in [0.1, 0.15) is 4.90 Å². The Labute approximate surface area is 119 Å². The lowest BCUT2D eigenvalue weighted by molar-refractivity contribution is 0.135. The van der Waals surface area contributed by atoms with E-state index in [0.717, 1.165) is 19.5 Å². The molecule has 1 aliphatic rings. The molecular formula is C11H22N6O2S. The van der Waals surface area contributed by atoms with Gasteiger partial charge in [-0.3, -0.25) is 4.68 Å². The SMILES string of the molecule is CN1CCN(NS(=O)(=O)c2cnn(CCCN)c2)CC1. The third-order valence-electron chi connectivity index (χ3n) is 3.26. The van der Waals surface area contributed by atoms with Crippen LogP contribution in [-0.2, 0) is 16.6 Å². The number of aryl methyl sites for hydroxylation is 1. The standard InChI is InChI=1S/C11H22N6O2S/c1-15-5-7-16(8-6-15)14-20(18,19)11-9-13-17(10-11)4-2-3-12/h9-10,14H,2-8,12H2,1H3. The fraction of sp³-hybridized carbons (Fsp3) is 0.727. The van der Waals surface area contributed by atoms with E-state index in [0.29, 0.717) is 26.2 Å². The van der Waals surface area contributed by atoms with Gasteiger partial charge in [-0.25, -0.2) is 13.4 Å². The quantitative estimate of drug-likeness (QED) is 0.676. The summed E-state index contributed by atoms with van der Waals surface area (Å²) in [4.78, 5) is 4.95. The Morgan fingerprint density at radius 2 is 2.05 bits per heavy atom. The van der Waals surface area contributed by atoms with Crippen LogP contribution in [0.5, 0.6) is 0 Å². The number of hydrazine groups is 1. The molecular weight excluding hydrogens is 280 g/mol. The fourth-order valence-corrected chi connectivity index (χ4v) is 3.05. The van der Waals surface area contributed by atoms with Crippen LogP contribution in [0.2, 0.25) is 0 Å². The molecule has 1 fully saturated rings. The molecule has 0 aliphatic carbocycles. The summed E-state index contributed by atoms with van der Waals surface area (Å²) in [5, 5.41) is 5.77. The van der Waals surface area contributed by atoms with Gasteiger partial charge in [0.15, 0.2) is 0 Å². The minimum Gasteiger partial charge on any atom is -0.330 e. The highest BCUT2D eigenvalue weighted by Gasteiger charge is 2.22. The monoisotopic (exact) mass is 302 g/mol. The molecule has 0 aromatic carbocycles. The van der Waals surface area contributed by atoms with Crippen LogP contribution in [0.25, 0.3) is 0 Å². The number of hydrogen-bond donors (Lipinski definition) is 2. The second-order valence-electron chi connectivity index (χ2n) is 4.97. The van der Waals surface area contributed by atoms with Gasteiger partial charge in [-0.15, -0.1) is 4.83 Å². The van der Waals surface area contributed by atoms with Gasteiger partial charge < -0.3 is 10.6 Å². The molecule has 3 N–H and O–H groups in total. The molecule has 20 heavy (non-hydrogen) atoms. The van der Waals surface area contributed by atoms with E-state index in [1.54, 1.807) is 9.69 Å². The normalized spacial score (nSPS) is 18.5. The Morgan fingerprint density at radius 1 is 1.35 bits per heavy atom. The van der Waals surface area contributed by atoms with E-state index >= 15 is 0 Å². The minimum absolute atomic E-state index is 0.188. The van der Waals surface area contributed by atoms with Gasteiger partial charge in [0, 0.05) is 38.9 Å². The summed E-state index contributed by atoms with van der Waals surface area (Å²) in [7, 11) is -1.52. The summed E-state index contributed by atoms with van der Waals surface area (Å²) < 4.78 is 26.1. The van der Waals surface area contributed by atoms with Gasteiger partial charge in [-0.2, -0.15) is 5.10 Å². The zero-order valence-corrected chi connectivity index (χ0v) is 12.5. The molecule has 8 nitrogen and oxygen atoms in total. The number of aromatic nitrogens is 2. The third-order valence-corrected chi connectivity index (χ3v) is 4.59. The predicted molar refractivity (Wildman–Crippen MR) is 75.3 cm³/mol. The number of likely N-dealkylation sites (N-methyl/N-ethyl adjacent to an activating group) is 1. The zero-order chi connectivity index (χ0) is 14.6. The first-order chi connectivity index (χ1) is 9.51. The van der Waals surface area contributed by atoms with Gasteiger partial charge in [0.25, 0.3) is 10.0 Å². The van der Waals surface area contributed by atoms with Crippen molar-refractivity contribution in [3.63, 3.8) is 0 Å². The first kappa shape index (κ1) is 15.4. The number of nitrogens with one attached hydrogen (secondary N) is 1. The lowest BCUT2D eigenvalue weighted by Crippen LogP contribution is -2.52. The third kappa shape index (κ3) is 4.00. The van der Waals surface area contributed by atoms with Gasteiger partial charge >= 0.3 is 0 Å². The highest BCUT2D eigenvalue weighted by atomic mass is 32.2. The second kappa shape index (κ2) is 6.64. The van der Waals surface area contributed by atoms with Crippen molar-refractivity contribution >= 4 is 10.0 Å². The van der Waals surface area contributed by atoms with E-state index in [-0.39, 0.29) is 4.90 Å². The molecule has 2 heterocycles. The van der Waals surface area contributed by atoms with Crippen molar-refractivity contribution in [2.75, 3.05) is 39.8 Å². The molecule has 0 atom stereocenters. The number of nitrogens with zero attached hydrogens (tertiary/aromatic N) is 4. The molecule has 0 saturated carbocycles. The smallest absolute Gasteiger partial charge is 0.256 e. The van der Waals surface area contributed by atoms with Gasteiger partial charge in [-0.05, 0) is 20.0 Å². The predicted octanol–water partition coefficient (Wildman–Crippen LogP) is -1.33. The maximum absolute atomic E-state index is 12.2. The number of nitrogens with two attached hydrogens (primary N) is 1. The van der Waals surface area contributed by atoms with Crippen LogP contribution in [0.15, 0.2) is 17.3 Å². The summed E-state index contributed by atoms with van der Waals surface area (Å²) in [6, 6.07) is 0. The summed E-state index contributed by atoms with van der Waals surface area (Å²) in [6.45, 7) is 4.23. The average Bonchev–Trinajstić information content (AvgIpc) is 2.88. The fourth-order valence-electron chi connectivity index (χ4n) is 1.98. The molecule has 9 heteroatoms. The first-order valence-electron chi connectivity index (χ1n) is 6.70. The summed E-state index contributed by atoms with van der Waals surface area (Å²) in [5.41, 5.74) is 5.42. The van der Waals surface area contributed by atoms with Crippen LogP contribution in [0, 0.1) is 0 Å². The molecule has 2 rings (SSSR count). The second-order valence-corrected chi connectivity index (χ2v) is 6.63. The molecule has 114 valence electrons. The maximum Gasteiger partial charge on any atom is 0.256 e. The molecule has 0 amide bonds. The van der Waals surface area contributed by atoms with Crippen LogP contribution < -0.4 is 10.6 Å². The molecule has 0 unspecified atom stereocenters. The van der Waals surface area contributed by atoms with E-state index in [4.69, 9.17) is 5.73 Å². The van der Waals surface area contributed by atoms with Gasteiger partial charge in [0.05, 0.1) is 6.20 Å². The Morgan fingerprint density at radius 3 is 2.70 bits per heavy atom. The first-order valence-corrected chi connectivity index (χ1v) is 8.18. The van der Waals surface area contributed by atoms with Crippen molar-refractivity contribution in [3.8, 4) is 0 Å². The summed E-state index contributed by atoms with van der Waals surface area (Å²) in [6.07, 6.45) is 3.68. The van der Waals surface area contributed by atoms with Crippen LogP contribution in [0.4, 0.5) is 0 Å². The highest BCUT2D eigenvalue weighted by molar-refractivity contribution is 7.89. The lowest BCUT2D eigenvalue weighted by Gasteiger charge is -2.31. The van der Waals surface area contributed by atoms with Crippen molar-refractivity contribution in [3.05, 3.63) is 12.4 Å². The van der Waals surface area contributed by atoms with Crippen molar-refractivity contribution in [2.45, 2.75) is 17.9 Å². The van der Waals surface area contributed by atoms with E-state index in [2.05, 4.69) is 14.8 Å². The van der Waals surface area contributed by atoms with Crippen LogP contribution >= 0.6 is 0 Å². The Kier molecular flexibility index (Phi) is 5.11. The van der Waals surface area contributed by atoms with Crippen LogP contribution in [0.3, 0.4) is 0 Å². The van der Waals surface area contributed by atoms with E-state index < -0.39 is 10.0 Å². The summed E-state index contributed by atoms with van der Waals surface area (Å²) in [5.74, 6) is 0. The number of sulfonamides is 1. The Bertz CT molecular complexity index is 521. The maximum atomic E-state index is 12.2. The largest absolute Gasteiger partial charge is 0.330 e. The van der Waals surface area contributed by atoms with Crippen molar-refractivity contribution in [1.29, 1.82) is 0 Å². The van der Waals surface area contributed by atoms with Gasteiger partial charge in [0.2, 0.25) is 0 Å². The Balaban J connectivity index is 1.97. The molecule has 1 aromatic heterocycles. The number of piperazine rings is 1. The average molecular weight is 302 g/mol. The molecule has 0 bridgehead atoms. The van der Waals surface area contributed by atoms with E-state index in [9.17, 15) is 8.42 Å². The van der Waals surface area contributed by atoms with Crippen molar-refractivity contribution in [2.24, 2.45) is 5.73 Å². The highest BCUT2D eigenvalue weighted by Crippen LogP contribution is 2.09. The molecule has 1 aliphatic heterocycles. The van der Waals surface area contributed by atoms with E-state index in [1.165, 1.54) is 12.4 Å². The van der Waals surface area contributed by atoms with E-state index in [1.807, 2.05) is 7.05 Å². The zero-order valence-electron chi connectivity index (χ0n) is 11.7. The number of rotatable bonds is 6. The molecule has 0 spiro atoms. The van der Waals surface area contributed by atoms with Crippen LogP contribution in [-0.4, -0.2) is 67.9 Å². The molecule has 1 saturated heterocycles.